The highest BCUT2D eigenvalue weighted by Gasteiger charge is 2.56. The fourth-order valence-corrected chi connectivity index (χ4v) is 3.21. The third-order valence-electron chi connectivity index (χ3n) is 2.78. The van der Waals surface area contributed by atoms with Crippen LogP contribution in [0.15, 0.2) is 0 Å². The molecule has 13 heavy (non-hydrogen) atoms. The van der Waals surface area contributed by atoms with Crippen LogP contribution in [0.2, 0.25) is 0 Å². The standard InChI is InChI=1S/C8H11Br2NO2/c1-13-8(12)11-6-2-4(9)5(10)3-7(6)11/h4-7H,2-3H2,1H3/t4-,5-,6-,7+,11?/m0/s1. The molecular formula is C8H11Br2NO2. The molecule has 2 fully saturated rings. The molecule has 0 bridgehead atoms. The van der Waals surface area contributed by atoms with E-state index in [1.165, 1.54) is 7.11 Å². The van der Waals surface area contributed by atoms with Crippen molar-refractivity contribution in [3.63, 3.8) is 0 Å². The summed E-state index contributed by atoms with van der Waals surface area (Å²) < 4.78 is 4.69. The molecule has 2 aliphatic rings. The zero-order chi connectivity index (χ0) is 9.59. The summed E-state index contributed by atoms with van der Waals surface area (Å²) in [5, 5.41) is 0. The number of likely N-dealkylation sites (tertiary alicyclic amines) is 1. The van der Waals surface area contributed by atoms with E-state index < -0.39 is 0 Å². The molecule has 2 rings (SSSR count). The van der Waals surface area contributed by atoms with E-state index in [-0.39, 0.29) is 6.09 Å². The van der Waals surface area contributed by atoms with E-state index in [1.54, 1.807) is 0 Å². The van der Waals surface area contributed by atoms with Crippen LogP contribution in [0.4, 0.5) is 4.79 Å². The molecule has 74 valence electrons. The van der Waals surface area contributed by atoms with E-state index >= 15 is 0 Å². The van der Waals surface area contributed by atoms with Gasteiger partial charge in [0.15, 0.2) is 0 Å². The van der Waals surface area contributed by atoms with E-state index in [4.69, 9.17) is 4.74 Å². The molecule has 1 aliphatic carbocycles. The van der Waals surface area contributed by atoms with Crippen LogP contribution in [0, 0.1) is 0 Å². The Labute approximate surface area is 94.1 Å². The van der Waals surface area contributed by atoms with E-state index in [9.17, 15) is 4.79 Å². The number of halogens is 2. The summed E-state index contributed by atoms with van der Waals surface area (Å²) in [6, 6.07) is 0.816. The van der Waals surface area contributed by atoms with Crippen LogP contribution in [0.5, 0.6) is 0 Å². The number of rotatable bonds is 0. The van der Waals surface area contributed by atoms with Crippen LogP contribution in [0.3, 0.4) is 0 Å². The van der Waals surface area contributed by atoms with Gasteiger partial charge in [-0.25, -0.2) is 4.79 Å². The minimum atomic E-state index is -0.184. The Morgan fingerprint density at radius 2 is 1.77 bits per heavy atom. The monoisotopic (exact) mass is 311 g/mol. The first-order chi connectivity index (χ1) is 6.15. The highest BCUT2D eigenvalue weighted by Crippen LogP contribution is 2.45. The van der Waals surface area contributed by atoms with Crippen LogP contribution in [0.1, 0.15) is 12.8 Å². The SMILES string of the molecule is COC(=O)N1[C@@H]2C[C@H](Br)[C@@H](Br)C[C@@H]21. The molecule has 1 amide bonds. The van der Waals surface area contributed by atoms with Gasteiger partial charge in [0.25, 0.3) is 0 Å². The first kappa shape index (κ1) is 9.77. The fourth-order valence-electron chi connectivity index (χ4n) is 2.01. The van der Waals surface area contributed by atoms with E-state index in [2.05, 4.69) is 31.9 Å². The Bertz CT molecular complexity index is 220. The van der Waals surface area contributed by atoms with E-state index in [0.29, 0.717) is 21.7 Å². The molecule has 1 saturated carbocycles. The first-order valence-electron chi connectivity index (χ1n) is 4.29. The Kier molecular flexibility index (Phi) is 2.57. The smallest absolute Gasteiger partial charge is 0.410 e. The van der Waals surface area contributed by atoms with Gasteiger partial charge in [-0.3, -0.25) is 4.90 Å². The number of hydrogen-bond donors (Lipinski definition) is 0. The summed E-state index contributed by atoms with van der Waals surface area (Å²) in [5.74, 6) is 0. The molecule has 4 atom stereocenters. The number of ether oxygens (including phenoxy) is 1. The maximum Gasteiger partial charge on any atom is 0.410 e. The number of carbonyl (C=O) groups excluding carboxylic acids is 1. The van der Waals surface area contributed by atoms with Crippen LogP contribution in [0.25, 0.3) is 0 Å². The van der Waals surface area contributed by atoms with Gasteiger partial charge in [0, 0.05) is 9.65 Å². The quantitative estimate of drug-likeness (QED) is 0.506. The molecule has 0 aromatic heterocycles. The number of alkyl halides is 2. The second-order valence-electron chi connectivity index (χ2n) is 3.52. The van der Waals surface area contributed by atoms with Gasteiger partial charge in [0.1, 0.15) is 0 Å². The average molecular weight is 313 g/mol. The zero-order valence-corrected chi connectivity index (χ0v) is 10.4. The lowest BCUT2D eigenvalue weighted by atomic mass is 10.0. The van der Waals surface area contributed by atoms with Crippen LogP contribution in [-0.4, -0.2) is 39.8 Å². The Morgan fingerprint density at radius 1 is 1.31 bits per heavy atom. The number of amides is 1. The van der Waals surface area contributed by atoms with Crippen molar-refractivity contribution in [2.24, 2.45) is 0 Å². The van der Waals surface area contributed by atoms with Crippen molar-refractivity contribution in [3.05, 3.63) is 0 Å². The van der Waals surface area contributed by atoms with Gasteiger partial charge in [0.2, 0.25) is 0 Å². The Balaban J connectivity index is 1.98. The maximum absolute atomic E-state index is 11.2. The van der Waals surface area contributed by atoms with Crippen molar-refractivity contribution in [2.45, 2.75) is 34.6 Å². The second-order valence-corrected chi connectivity index (χ2v) is 5.87. The fraction of sp³-hybridized carbons (Fsp3) is 0.875. The summed E-state index contributed by atoms with van der Waals surface area (Å²) in [5.41, 5.74) is 0. The van der Waals surface area contributed by atoms with Crippen molar-refractivity contribution in [1.82, 2.24) is 4.90 Å². The van der Waals surface area contributed by atoms with E-state index in [0.717, 1.165) is 12.8 Å². The summed E-state index contributed by atoms with van der Waals surface area (Å²) in [6.07, 6.45) is 1.86. The summed E-state index contributed by atoms with van der Waals surface area (Å²) in [4.78, 5) is 14.0. The lowest BCUT2D eigenvalue weighted by molar-refractivity contribution is 0.150. The highest BCUT2D eigenvalue weighted by atomic mass is 79.9. The van der Waals surface area contributed by atoms with Gasteiger partial charge in [-0.2, -0.15) is 0 Å². The average Bonchev–Trinajstić information content (AvgIpc) is 2.77. The predicted molar refractivity (Wildman–Crippen MR) is 56.5 cm³/mol. The van der Waals surface area contributed by atoms with Crippen molar-refractivity contribution < 1.29 is 9.53 Å². The molecule has 0 radical (unpaired) electrons. The Hall–Kier alpha value is 0.230. The second kappa shape index (κ2) is 3.42. The third kappa shape index (κ3) is 1.61. The number of fused-ring (bicyclic) bond motifs is 1. The van der Waals surface area contributed by atoms with Crippen LogP contribution in [-0.2, 0) is 4.74 Å². The van der Waals surface area contributed by atoms with E-state index in [1.807, 2.05) is 4.90 Å². The van der Waals surface area contributed by atoms with Crippen LogP contribution >= 0.6 is 31.9 Å². The molecule has 0 aromatic rings. The lowest BCUT2D eigenvalue weighted by Gasteiger charge is -2.18. The van der Waals surface area contributed by atoms with Gasteiger partial charge in [-0.05, 0) is 12.8 Å². The number of carbonyl (C=O) groups is 1. The third-order valence-corrected chi connectivity index (χ3v) is 5.51. The summed E-state index contributed by atoms with van der Waals surface area (Å²) in [7, 11) is 1.43. The molecule has 1 aliphatic heterocycles. The molecule has 1 saturated heterocycles. The molecule has 0 spiro atoms. The molecular weight excluding hydrogens is 302 g/mol. The maximum atomic E-state index is 11.2. The first-order valence-corrected chi connectivity index (χ1v) is 6.12. The molecule has 5 heteroatoms. The lowest BCUT2D eigenvalue weighted by Crippen LogP contribution is -2.24. The van der Waals surface area contributed by atoms with Gasteiger partial charge < -0.3 is 4.74 Å². The number of nitrogens with zero attached hydrogens (tertiary/aromatic N) is 1. The summed E-state index contributed by atoms with van der Waals surface area (Å²) in [6.45, 7) is 0. The van der Waals surface area contributed by atoms with Crippen molar-refractivity contribution >= 4 is 38.0 Å². The van der Waals surface area contributed by atoms with Gasteiger partial charge in [-0.15, -0.1) is 0 Å². The normalized spacial score (nSPS) is 42.5. The molecule has 0 N–H and O–H groups in total. The Morgan fingerprint density at radius 3 is 2.15 bits per heavy atom. The summed E-state index contributed by atoms with van der Waals surface area (Å²) >= 11 is 7.19. The molecule has 0 aromatic carbocycles. The number of hydrogen-bond acceptors (Lipinski definition) is 2. The molecule has 1 heterocycles. The largest absolute Gasteiger partial charge is 0.453 e. The minimum absolute atomic E-state index is 0.184. The van der Waals surface area contributed by atoms with Crippen molar-refractivity contribution in [1.29, 1.82) is 0 Å². The van der Waals surface area contributed by atoms with Crippen molar-refractivity contribution in [2.75, 3.05) is 7.11 Å². The predicted octanol–water partition coefficient (Wildman–Crippen LogP) is 2.13. The van der Waals surface area contributed by atoms with Gasteiger partial charge >= 0.3 is 6.09 Å². The van der Waals surface area contributed by atoms with Gasteiger partial charge in [-0.1, -0.05) is 31.9 Å². The molecule has 3 nitrogen and oxygen atoms in total. The van der Waals surface area contributed by atoms with Gasteiger partial charge in [0.05, 0.1) is 19.2 Å². The van der Waals surface area contributed by atoms with Crippen LogP contribution < -0.4 is 0 Å². The minimum Gasteiger partial charge on any atom is -0.453 e. The topological polar surface area (TPSA) is 29.3 Å². The van der Waals surface area contributed by atoms with Crippen molar-refractivity contribution in [3.8, 4) is 0 Å². The zero-order valence-electron chi connectivity index (χ0n) is 7.24. The highest BCUT2D eigenvalue weighted by molar-refractivity contribution is 9.12. The number of methoxy groups -OCH3 is 1. The molecule has 0 unspecified atom stereocenters.